The second-order valence-corrected chi connectivity index (χ2v) is 7.92. The van der Waals surface area contributed by atoms with E-state index < -0.39 is 5.95 Å². The molecule has 1 unspecified atom stereocenters. The molecule has 0 aromatic carbocycles. The lowest BCUT2D eigenvalue weighted by Gasteiger charge is -2.34. The van der Waals surface area contributed by atoms with Gasteiger partial charge in [-0.1, -0.05) is 0 Å². The number of aromatic nitrogens is 3. The SMILES string of the molecule is Cc1nc(F)ccc1-c1cc(N2CCOC[C@H]2C)nc2c(C3CCNN3)nccc12. The van der Waals surface area contributed by atoms with Crippen LogP contribution < -0.4 is 15.8 Å². The summed E-state index contributed by atoms with van der Waals surface area (Å²) in [5, 5.41) is 0.995. The molecule has 3 aromatic rings. The molecule has 7 nitrogen and oxygen atoms in total. The van der Waals surface area contributed by atoms with Gasteiger partial charge in [0.05, 0.1) is 36.5 Å². The molecule has 2 atom stereocenters. The molecule has 0 spiro atoms. The number of ether oxygens (including phenoxy) is 1. The molecule has 2 N–H and O–H groups in total. The highest BCUT2D eigenvalue weighted by Crippen LogP contribution is 2.36. The third-order valence-corrected chi connectivity index (χ3v) is 5.91. The Labute approximate surface area is 174 Å². The summed E-state index contributed by atoms with van der Waals surface area (Å²) in [6.07, 6.45) is 2.77. The maximum Gasteiger partial charge on any atom is 0.213 e. The summed E-state index contributed by atoms with van der Waals surface area (Å²) in [6.45, 7) is 6.98. The fourth-order valence-corrected chi connectivity index (χ4v) is 4.36. The normalized spacial score (nSPS) is 22.0. The van der Waals surface area contributed by atoms with Crippen LogP contribution in [0.5, 0.6) is 0 Å². The Balaban J connectivity index is 1.75. The van der Waals surface area contributed by atoms with Crippen LogP contribution >= 0.6 is 0 Å². The van der Waals surface area contributed by atoms with Crippen LogP contribution in [0.15, 0.2) is 30.5 Å². The van der Waals surface area contributed by atoms with Gasteiger partial charge in [-0.2, -0.15) is 4.39 Å². The van der Waals surface area contributed by atoms with Gasteiger partial charge in [-0.3, -0.25) is 10.4 Å². The Bertz CT molecular complexity index is 1080. The van der Waals surface area contributed by atoms with Crippen molar-refractivity contribution in [3.05, 3.63) is 47.8 Å². The lowest BCUT2D eigenvalue weighted by atomic mass is 9.98. The number of hydrazine groups is 1. The predicted octanol–water partition coefficient (Wildman–Crippen LogP) is 2.90. The van der Waals surface area contributed by atoms with E-state index in [0.29, 0.717) is 18.9 Å². The van der Waals surface area contributed by atoms with Crippen LogP contribution in [-0.2, 0) is 4.74 Å². The molecule has 5 heterocycles. The van der Waals surface area contributed by atoms with Gasteiger partial charge >= 0.3 is 0 Å². The number of rotatable bonds is 3. The van der Waals surface area contributed by atoms with Crippen molar-refractivity contribution in [2.75, 3.05) is 31.2 Å². The zero-order valence-corrected chi connectivity index (χ0v) is 17.2. The maximum absolute atomic E-state index is 13.7. The number of pyridine rings is 3. The van der Waals surface area contributed by atoms with E-state index in [-0.39, 0.29) is 12.1 Å². The van der Waals surface area contributed by atoms with Crippen molar-refractivity contribution in [3.63, 3.8) is 0 Å². The zero-order valence-electron chi connectivity index (χ0n) is 17.2. The van der Waals surface area contributed by atoms with E-state index >= 15 is 0 Å². The molecule has 2 aliphatic rings. The highest BCUT2D eigenvalue weighted by Gasteiger charge is 2.26. The highest BCUT2D eigenvalue weighted by atomic mass is 19.1. The van der Waals surface area contributed by atoms with Crippen LogP contribution in [0.3, 0.4) is 0 Å². The van der Waals surface area contributed by atoms with Crippen molar-refractivity contribution < 1.29 is 9.13 Å². The largest absolute Gasteiger partial charge is 0.377 e. The molecule has 30 heavy (non-hydrogen) atoms. The third-order valence-electron chi connectivity index (χ3n) is 5.91. The zero-order chi connectivity index (χ0) is 20.7. The Morgan fingerprint density at radius 1 is 1.20 bits per heavy atom. The van der Waals surface area contributed by atoms with Crippen molar-refractivity contribution in [2.45, 2.75) is 32.4 Å². The first-order chi connectivity index (χ1) is 14.6. The molecular formula is C22H25FN6O. The first kappa shape index (κ1) is 19.3. The smallest absolute Gasteiger partial charge is 0.213 e. The topological polar surface area (TPSA) is 75.2 Å². The minimum atomic E-state index is -0.472. The molecule has 0 amide bonds. The lowest BCUT2D eigenvalue weighted by Crippen LogP contribution is -2.44. The van der Waals surface area contributed by atoms with E-state index in [1.165, 1.54) is 6.07 Å². The molecule has 2 aliphatic heterocycles. The van der Waals surface area contributed by atoms with Gasteiger partial charge in [0.2, 0.25) is 5.95 Å². The van der Waals surface area contributed by atoms with Gasteiger partial charge in [0, 0.05) is 35.9 Å². The fourth-order valence-electron chi connectivity index (χ4n) is 4.36. The van der Waals surface area contributed by atoms with Gasteiger partial charge in [0.15, 0.2) is 0 Å². The predicted molar refractivity (Wildman–Crippen MR) is 114 cm³/mol. The quantitative estimate of drug-likeness (QED) is 0.646. The fraction of sp³-hybridized carbons (Fsp3) is 0.409. The molecule has 0 aliphatic carbocycles. The molecule has 156 valence electrons. The van der Waals surface area contributed by atoms with Crippen molar-refractivity contribution in [1.82, 2.24) is 25.8 Å². The molecular weight excluding hydrogens is 383 g/mol. The molecule has 0 bridgehead atoms. The molecule has 0 saturated carbocycles. The van der Waals surface area contributed by atoms with Crippen LogP contribution in [0.2, 0.25) is 0 Å². The lowest BCUT2D eigenvalue weighted by molar-refractivity contribution is 0.0986. The number of halogens is 1. The standard InChI is InChI=1S/C22H25FN6O/c1-13-12-30-10-9-29(13)20-11-17(15-3-4-19(23)26-14(15)2)16-5-7-24-22(21(16)27-20)18-6-8-25-28-18/h3-5,7,11,13,18,25,28H,6,8-10,12H2,1-2H3/t13-,18?/m1/s1. The number of nitrogens with zero attached hydrogens (tertiary/aromatic N) is 4. The summed E-state index contributed by atoms with van der Waals surface area (Å²) in [5.41, 5.74) is 10.8. The van der Waals surface area contributed by atoms with Crippen molar-refractivity contribution in [3.8, 4) is 11.1 Å². The van der Waals surface area contributed by atoms with Crippen LogP contribution in [0, 0.1) is 12.9 Å². The Kier molecular flexibility index (Phi) is 5.06. The van der Waals surface area contributed by atoms with Crippen LogP contribution in [0.4, 0.5) is 10.2 Å². The van der Waals surface area contributed by atoms with Crippen LogP contribution in [0.25, 0.3) is 22.0 Å². The summed E-state index contributed by atoms with van der Waals surface area (Å²) >= 11 is 0. The minimum absolute atomic E-state index is 0.0962. The third kappa shape index (κ3) is 3.40. The van der Waals surface area contributed by atoms with Crippen LogP contribution in [0.1, 0.15) is 30.8 Å². The molecule has 5 rings (SSSR count). The minimum Gasteiger partial charge on any atom is -0.377 e. The number of morpholine rings is 1. The number of aryl methyl sites for hydroxylation is 1. The van der Waals surface area contributed by atoms with Gasteiger partial charge in [0.1, 0.15) is 5.82 Å². The Morgan fingerprint density at radius 2 is 2.10 bits per heavy atom. The monoisotopic (exact) mass is 408 g/mol. The van der Waals surface area contributed by atoms with Gasteiger partial charge in [-0.25, -0.2) is 15.4 Å². The highest BCUT2D eigenvalue weighted by molar-refractivity contribution is 5.97. The Morgan fingerprint density at radius 3 is 2.87 bits per heavy atom. The summed E-state index contributed by atoms with van der Waals surface area (Å²) in [7, 11) is 0. The number of hydrogen-bond acceptors (Lipinski definition) is 7. The molecule has 3 aromatic heterocycles. The summed E-state index contributed by atoms with van der Waals surface area (Å²) in [4.78, 5) is 16.1. The van der Waals surface area contributed by atoms with E-state index in [4.69, 9.17) is 9.72 Å². The molecule has 8 heteroatoms. The average molecular weight is 408 g/mol. The van der Waals surface area contributed by atoms with E-state index in [9.17, 15) is 4.39 Å². The van der Waals surface area contributed by atoms with E-state index in [1.807, 2.05) is 19.2 Å². The average Bonchev–Trinajstić information content (AvgIpc) is 3.28. The number of hydrogen-bond donors (Lipinski definition) is 2. The summed E-state index contributed by atoms with van der Waals surface area (Å²) in [6, 6.07) is 7.61. The Hall–Kier alpha value is -2.68. The summed E-state index contributed by atoms with van der Waals surface area (Å²) in [5.74, 6) is 0.414. The van der Waals surface area contributed by atoms with Gasteiger partial charge < -0.3 is 9.64 Å². The second-order valence-electron chi connectivity index (χ2n) is 7.92. The molecule has 0 radical (unpaired) electrons. The van der Waals surface area contributed by atoms with E-state index in [2.05, 4.69) is 38.7 Å². The van der Waals surface area contributed by atoms with Crippen molar-refractivity contribution in [1.29, 1.82) is 0 Å². The maximum atomic E-state index is 13.7. The van der Waals surface area contributed by atoms with Gasteiger partial charge in [-0.15, -0.1) is 0 Å². The first-order valence-corrected chi connectivity index (χ1v) is 10.4. The number of anilines is 1. The molecule has 2 saturated heterocycles. The van der Waals surface area contributed by atoms with Gasteiger partial charge in [0.25, 0.3) is 0 Å². The van der Waals surface area contributed by atoms with Crippen molar-refractivity contribution in [2.24, 2.45) is 0 Å². The first-order valence-electron chi connectivity index (χ1n) is 10.4. The van der Waals surface area contributed by atoms with Gasteiger partial charge in [-0.05, 0) is 50.1 Å². The van der Waals surface area contributed by atoms with E-state index in [0.717, 1.165) is 53.1 Å². The second kappa shape index (κ2) is 7.86. The number of fused-ring (bicyclic) bond motifs is 1. The molecule has 2 fully saturated rings. The van der Waals surface area contributed by atoms with E-state index in [1.54, 1.807) is 6.07 Å². The number of nitrogens with one attached hydrogen (secondary N) is 2. The van der Waals surface area contributed by atoms with Crippen LogP contribution in [-0.4, -0.2) is 47.3 Å². The van der Waals surface area contributed by atoms with Crippen molar-refractivity contribution >= 4 is 16.7 Å². The summed E-state index contributed by atoms with van der Waals surface area (Å²) < 4.78 is 19.3.